The largest absolute Gasteiger partial charge is 0.496 e. The third-order valence-electron chi connectivity index (χ3n) is 4.90. The van der Waals surface area contributed by atoms with Gasteiger partial charge in [-0.3, -0.25) is 0 Å². The van der Waals surface area contributed by atoms with Crippen LogP contribution in [0, 0.1) is 5.82 Å². The first kappa shape index (κ1) is 19.6. The average molecular weight is 408 g/mol. The summed E-state index contributed by atoms with van der Waals surface area (Å²) in [6.07, 6.45) is 0. The fourth-order valence-electron chi connectivity index (χ4n) is 3.56. The smallest absolute Gasteiger partial charge is 0.338 e. The van der Waals surface area contributed by atoms with Crippen LogP contribution < -0.4 is 10.1 Å². The molecular formula is C22H21FN4O3. The van der Waals surface area contributed by atoms with Crippen molar-refractivity contribution in [2.75, 3.05) is 19.0 Å². The van der Waals surface area contributed by atoms with Gasteiger partial charge < -0.3 is 14.8 Å². The van der Waals surface area contributed by atoms with Crippen molar-refractivity contribution in [3.05, 3.63) is 71.2 Å². The molecule has 0 fully saturated rings. The van der Waals surface area contributed by atoms with E-state index >= 15 is 0 Å². The van der Waals surface area contributed by atoms with Crippen molar-refractivity contribution in [2.24, 2.45) is 0 Å². The molecule has 8 heteroatoms. The standard InChI is InChI=1S/C22H21FN4O3/c1-4-30-21(28)18-13(2)24-22-25-20(14-9-5-7-11-16(14)23)26-27(22)19(18)15-10-6-8-12-17(15)29-3/h5-12,19H,4H2,1-3H3,(H,24,25,26). The number of rotatable bonds is 5. The highest BCUT2D eigenvalue weighted by atomic mass is 19.1. The van der Waals surface area contributed by atoms with Gasteiger partial charge in [0.25, 0.3) is 0 Å². The van der Waals surface area contributed by atoms with E-state index in [9.17, 15) is 9.18 Å². The van der Waals surface area contributed by atoms with Crippen LogP contribution in [-0.4, -0.2) is 34.5 Å². The molecule has 0 spiro atoms. The Balaban J connectivity index is 1.92. The molecule has 2 heterocycles. The fourth-order valence-corrected chi connectivity index (χ4v) is 3.56. The van der Waals surface area contributed by atoms with E-state index in [2.05, 4.69) is 15.4 Å². The van der Waals surface area contributed by atoms with Gasteiger partial charge >= 0.3 is 5.97 Å². The van der Waals surface area contributed by atoms with Crippen LogP contribution >= 0.6 is 0 Å². The van der Waals surface area contributed by atoms with Crippen LogP contribution in [0.3, 0.4) is 0 Å². The molecular weight excluding hydrogens is 387 g/mol. The summed E-state index contributed by atoms with van der Waals surface area (Å²) in [6.45, 7) is 3.76. The maximum Gasteiger partial charge on any atom is 0.338 e. The minimum Gasteiger partial charge on any atom is -0.496 e. The highest BCUT2D eigenvalue weighted by molar-refractivity contribution is 5.92. The number of anilines is 1. The number of esters is 1. The Morgan fingerprint density at radius 3 is 2.67 bits per heavy atom. The first-order valence-electron chi connectivity index (χ1n) is 9.54. The number of hydrogen-bond donors (Lipinski definition) is 1. The van der Waals surface area contributed by atoms with E-state index in [1.807, 2.05) is 24.3 Å². The van der Waals surface area contributed by atoms with E-state index in [4.69, 9.17) is 9.47 Å². The van der Waals surface area contributed by atoms with Crippen LogP contribution in [-0.2, 0) is 9.53 Å². The molecule has 0 amide bonds. The summed E-state index contributed by atoms with van der Waals surface area (Å²) < 4.78 is 26.7. The van der Waals surface area contributed by atoms with Crippen molar-refractivity contribution in [3.63, 3.8) is 0 Å². The van der Waals surface area contributed by atoms with E-state index in [1.54, 1.807) is 43.8 Å². The summed E-state index contributed by atoms with van der Waals surface area (Å²) in [5, 5.41) is 7.65. The quantitative estimate of drug-likeness (QED) is 0.644. The Kier molecular flexibility index (Phi) is 5.22. The van der Waals surface area contributed by atoms with Gasteiger partial charge in [-0.15, -0.1) is 5.10 Å². The van der Waals surface area contributed by atoms with Crippen molar-refractivity contribution in [2.45, 2.75) is 19.9 Å². The lowest BCUT2D eigenvalue weighted by atomic mass is 9.95. The third kappa shape index (κ3) is 3.30. The number of allylic oxidation sites excluding steroid dienone is 1. The minimum atomic E-state index is -0.649. The van der Waals surface area contributed by atoms with Crippen molar-refractivity contribution in [1.29, 1.82) is 0 Å². The molecule has 3 aromatic rings. The predicted molar refractivity (Wildman–Crippen MR) is 110 cm³/mol. The maximum atomic E-state index is 14.3. The number of hydrogen-bond acceptors (Lipinski definition) is 6. The third-order valence-corrected chi connectivity index (χ3v) is 4.90. The summed E-state index contributed by atoms with van der Waals surface area (Å²) >= 11 is 0. The van der Waals surface area contributed by atoms with E-state index in [-0.39, 0.29) is 18.0 Å². The summed E-state index contributed by atoms with van der Waals surface area (Å²) in [5.74, 6) is 0.313. The molecule has 4 rings (SSSR count). The van der Waals surface area contributed by atoms with Crippen LogP contribution in [0.5, 0.6) is 5.75 Å². The fraction of sp³-hybridized carbons (Fsp3) is 0.227. The molecule has 2 aromatic carbocycles. The van der Waals surface area contributed by atoms with E-state index in [0.717, 1.165) is 5.56 Å². The van der Waals surface area contributed by atoms with Gasteiger partial charge in [-0.05, 0) is 32.0 Å². The average Bonchev–Trinajstić information content (AvgIpc) is 3.16. The molecule has 1 aromatic heterocycles. The van der Waals surface area contributed by atoms with E-state index in [0.29, 0.717) is 23.0 Å². The van der Waals surface area contributed by atoms with Crippen LogP contribution in [0.25, 0.3) is 11.4 Å². The number of nitrogens with zero attached hydrogens (tertiary/aromatic N) is 3. The normalized spacial score (nSPS) is 15.4. The zero-order valence-corrected chi connectivity index (χ0v) is 16.8. The molecule has 1 atom stereocenters. The predicted octanol–water partition coefficient (Wildman–Crippen LogP) is 3.94. The zero-order chi connectivity index (χ0) is 21.3. The van der Waals surface area contributed by atoms with Crippen molar-refractivity contribution >= 4 is 11.9 Å². The number of ether oxygens (including phenoxy) is 2. The van der Waals surface area contributed by atoms with Gasteiger partial charge in [0, 0.05) is 11.3 Å². The van der Waals surface area contributed by atoms with Gasteiger partial charge in [-0.25, -0.2) is 13.9 Å². The molecule has 7 nitrogen and oxygen atoms in total. The molecule has 1 unspecified atom stereocenters. The number of carbonyl (C=O) groups excluding carboxylic acids is 1. The second-order valence-electron chi connectivity index (χ2n) is 6.71. The molecule has 30 heavy (non-hydrogen) atoms. The van der Waals surface area contributed by atoms with Crippen molar-refractivity contribution < 1.29 is 18.7 Å². The number of halogens is 1. The Morgan fingerprint density at radius 2 is 1.93 bits per heavy atom. The van der Waals surface area contributed by atoms with Crippen LogP contribution in [0.15, 0.2) is 59.8 Å². The Hall–Kier alpha value is -3.68. The molecule has 154 valence electrons. The Bertz CT molecular complexity index is 1140. The molecule has 1 N–H and O–H groups in total. The molecule has 1 aliphatic heterocycles. The molecule has 0 bridgehead atoms. The Morgan fingerprint density at radius 1 is 1.20 bits per heavy atom. The number of fused-ring (bicyclic) bond motifs is 1. The topological polar surface area (TPSA) is 78.3 Å². The number of benzene rings is 2. The number of methoxy groups -OCH3 is 1. The van der Waals surface area contributed by atoms with Gasteiger partial charge in [0.15, 0.2) is 5.82 Å². The van der Waals surface area contributed by atoms with Gasteiger partial charge in [0.05, 0.1) is 24.9 Å². The lowest BCUT2D eigenvalue weighted by Gasteiger charge is -2.28. The summed E-state index contributed by atoms with van der Waals surface area (Å²) in [6, 6.07) is 13.0. The maximum absolute atomic E-state index is 14.3. The number of para-hydroxylation sites is 1. The molecule has 0 aliphatic carbocycles. The van der Waals surface area contributed by atoms with Crippen LogP contribution in [0.2, 0.25) is 0 Å². The zero-order valence-electron chi connectivity index (χ0n) is 16.8. The first-order chi connectivity index (χ1) is 14.5. The lowest BCUT2D eigenvalue weighted by molar-refractivity contribution is -0.139. The van der Waals surface area contributed by atoms with Gasteiger partial charge in [-0.1, -0.05) is 30.3 Å². The Labute approximate surface area is 173 Å². The van der Waals surface area contributed by atoms with Gasteiger partial charge in [-0.2, -0.15) is 4.98 Å². The molecule has 0 saturated carbocycles. The summed E-state index contributed by atoms with van der Waals surface area (Å²) in [5.41, 5.74) is 1.97. The lowest BCUT2D eigenvalue weighted by Crippen LogP contribution is -2.30. The van der Waals surface area contributed by atoms with Gasteiger partial charge in [0.1, 0.15) is 17.6 Å². The highest BCUT2D eigenvalue weighted by Gasteiger charge is 2.36. The second-order valence-corrected chi connectivity index (χ2v) is 6.71. The number of nitrogens with one attached hydrogen (secondary N) is 1. The van der Waals surface area contributed by atoms with Gasteiger partial charge in [0.2, 0.25) is 5.95 Å². The molecule has 0 saturated heterocycles. The van der Waals surface area contributed by atoms with E-state index in [1.165, 1.54) is 6.07 Å². The van der Waals surface area contributed by atoms with Crippen molar-refractivity contribution in [1.82, 2.24) is 14.8 Å². The number of aromatic nitrogens is 3. The van der Waals surface area contributed by atoms with E-state index < -0.39 is 17.8 Å². The second kappa shape index (κ2) is 7.98. The number of carbonyl (C=O) groups is 1. The van der Waals surface area contributed by atoms with Crippen LogP contribution in [0.4, 0.5) is 10.3 Å². The highest BCUT2D eigenvalue weighted by Crippen LogP contribution is 2.40. The summed E-state index contributed by atoms with van der Waals surface area (Å²) in [4.78, 5) is 17.3. The SMILES string of the molecule is CCOC(=O)C1=C(C)Nc2nc(-c3ccccc3F)nn2C1c1ccccc1OC. The molecule has 1 aliphatic rings. The minimum absolute atomic E-state index is 0.216. The summed E-state index contributed by atoms with van der Waals surface area (Å²) in [7, 11) is 1.56. The van der Waals surface area contributed by atoms with Crippen molar-refractivity contribution in [3.8, 4) is 17.1 Å². The molecule has 0 radical (unpaired) electrons. The van der Waals surface area contributed by atoms with Crippen LogP contribution in [0.1, 0.15) is 25.5 Å². The first-order valence-corrected chi connectivity index (χ1v) is 9.54. The monoisotopic (exact) mass is 408 g/mol.